The second-order valence-electron chi connectivity index (χ2n) is 9.40. The molecular weight excluding hydrogens is 476 g/mol. The summed E-state index contributed by atoms with van der Waals surface area (Å²) in [5, 5.41) is 30.7. The molecule has 0 bridgehead atoms. The van der Waals surface area contributed by atoms with E-state index in [4.69, 9.17) is 0 Å². The van der Waals surface area contributed by atoms with E-state index in [0.717, 1.165) is 12.8 Å². The van der Waals surface area contributed by atoms with E-state index in [2.05, 4.69) is 28.2 Å². The average molecular weight is 521 g/mol. The summed E-state index contributed by atoms with van der Waals surface area (Å²) in [5.74, 6) is -2.20. The number of aliphatic hydroxyl groups excluding tert-OH is 2. The smallest absolute Gasteiger partial charge is 0.245 e. The molecule has 1 aliphatic rings. The van der Waals surface area contributed by atoms with Crippen molar-refractivity contribution >= 4 is 23.6 Å². The highest BCUT2D eigenvalue weighted by Gasteiger charge is 2.31. The maximum Gasteiger partial charge on any atom is 0.245 e. The summed E-state index contributed by atoms with van der Waals surface area (Å²) in [6, 6.07) is -2.92. The molecule has 37 heavy (non-hydrogen) atoms. The third-order valence-corrected chi connectivity index (χ3v) is 5.86. The van der Waals surface area contributed by atoms with Crippen LogP contribution in [0.15, 0.2) is 36.5 Å². The van der Waals surface area contributed by atoms with Gasteiger partial charge in [-0.05, 0) is 33.1 Å². The van der Waals surface area contributed by atoms with Gasteiger partial charge in [-0.1, -0.05) is 56.9 Å². The molecule has 0 aliphatic carbocycles. The molecule has 1 aliphatic heterocycles. The monoisotopic (exact) mass is 520 g/mol. The number of hydrogen-bond donors (Lipinski definition) is 6. The summed E-state index contributed by atoms with van der Waals surface area (Å²) >= 11 is 0. The Bertz CT molecular complexity index is 824. The van der Waals surface area contributed by atoms with Gasteiger partial charge in [0.15, 0.2) is 0 Å². The average Bonchev–Trinajstić information content (AvgIpc) is 2.83. The van der Waals surface area contributed by atoms with Crippen molar-refractivity contribution in [3.63, 3.8) is 0 Å². The highest BCUT2D eigenvalue weighted by atomic mass is 16.3. The van der Waals surface area contributed by atoms with Gasteiger partial charge in [-0.15, -0.1) is 0 Å². The Hall–Kier alpha value is -2.98. The fourth-order valence-electron chi connectivity index (χ4n) is 3.70. The summed E-state index contributed by atoms with van der Waals surface area (Å²) in [6.45, 7) is 5.40. The van der Waals surface area contributed by atoms with E-state index >= 15 is 0 Å². The lowest BCUT2D eigenvalue weighted by atomic mass is 10.0. The first kappa shape index (κ1) is 32.0. The van der Waals surface area contributed by atoms with Crippen molar-refractivity contribution in [2.45, 2.75) is 102 Å². The van der Waals surface area contributed by atoms with Crippen LogP contribution in [-0.2, 0) is 19.2 Å². The van der Waals surface area contributed by atoms with Crippen LogP contribution in [-0.4, -0.2) is 70.7 Å². The fraction of sp³-hybridized carbons (Fsp3) is 0.630. The van der Waals surface area contributed by atoms with Crippen molar-refractivity contribution in [2.24, 2.45) is 0 Å². The molecule has 4 amide bonds. The number of rotatable bonds is 12. The molecule has 1 heterocycles. The van der Waals surface area contributed by atoms with Gasteiger partial charge in [-0.2, -0.15) is 0 Å². The number of allylic oxidation sites excluding steroid dienone is 3. The van der Waals surface area contributed by atoms with Crippen LogP contribution >= 0.6 is 0 Å². The third kappa shape index (κ3) is 14.4. The molecule has 0 unspecified atom stereocenters. The number of unbranched alkanes of at least 4 members (excludes halogenated alkanes) is 5. The van der Waals surface area contributed by atoms with Crippen LogP contribution in [0.5, 0.6) is 0 Å². The molecule has 0 radical (unpaired) electrons. The van der Waals surface area contributed by atoms with Crippen LogP contribution in [0.2, 0.25) is 0 Å². The summed E-state index contributed by atoms with van der Waals surface area (Å²) in [5.41, 5.74) is 0. The maximum atomic E-state index is 12.9. The van der Waals surface area contributed by atoms with Gasteiger partial charge in [0.05, 0.1) is 12.2 Å². The SMILES string of the molecule is CCCCCCC/C=C/C=C/C(=O)N[C@H](C(=O)N[C@H]1C[C@@H](O)CCNC(=O)/C=C\[C@H](C)NC1=O)[C@@H](C)O. The quantitative estimate of drug-likeness (QED) is 0.129. The Balaban J connectivity index is 2.73. The van der Waals surface area contributed by atoms with Crippen LogP contribution in [0.4, 0.5) is 0 Å². The van der Waals surface area contributed by atoms with Crippen LogP contribution in [0.25, 0.3) is 0 Å². The highest BCUT2D eigenvalue weighted by molar-refractivity contribution is 5.95. The van der Waals surface area contributed by atoms with Gasteiger partial charge in [-0.25, -0.2) is 0 Å². The second kappa shape index (κ2) is 18.3. The summed E-state index contributed by atoms with van der Waals surface area (Å²) in [6.07, 6.45) is 14.1. The Morgan fingerprint density at radius 2 is 1.92 bits per heavy atom. The molecular formula is C27H44N4O6. The number of aliphatic hydroxyl groups is 2. The van der Waals surface area contributed by atoms with Crippen LogP contribution in [0.3, 0.4) is 0 Å². The summed E-state index contributed by atoms with van der Waals surface area (Å²) in [4.78, 5) is 49.7. The van der Waals surface area contributed by atoms with E-state index in [-0.39, 0.29) is 25.3 Å². The minimum absolute atomic E-state index is 0.104. The van der Waals surface area contributed by atoms with Crippen LogP contribution < -0.4 is 21.3 Å². The van der Waals surface area contributed by atoms with Gasteiger partial charge >= 0.3 is 0 Å². The van der Waals surface area contributed by atoms with E-state index in [1.165, 1.54) is 50.8 Å². The van der Waals surface area contributed by atoms with E-state index < -0.39 is 48.1 Å². The van der Waals surface area contributed by atoms with Crippen molar-refractivity contribution in [1.82, 2.24) is 21.3 Å². The van der Waals surface area contributed by atoms with Crippen molar-refractivity contribution in [3.05, 3.63) is 36.5 Å². The third-order valence-electron chi connectivity index (χ3n) is 5.86. The van der Waals surface area contributed by atoms with Crippen molar-refractivity contribution in [1.29, 1.82) is 0 Å². The van der Waals surface area contributed by atoms with E-state index in [1.807, 2.05) is 6.08 Å². The van der Waals surface area contributed by atoms with Crippen LogP contribution in [0, 0.1) is 0 Å². The summed E-state index contributed by atoms with van der Waals surface area (Å²) < 4.78 is 0. The molecule has 208 valence electrons. The van der Waals surface area contributed by atoms with E-state index in [9.17, 15) is 29.4 Å². The van der Waals surface area contributed by atoms with E-state index in [0.29, 0.717) is 0 Å². The minimum Gasteiger partial charge on any atom is -0.393 e. The van der Waals surface area contributed by atoms with Gasteiger partial charge in [0.25, 0.3) is 0 Å². The molecule has 5 atom stereocenters. The molecule has 0 fully saturated rings. The zero-order valence-corrected chi connectivity index (χ0v) is 22.2. The van der Waals surface area contributed by atoms with E-state index in [1.54, 1.807) is 19.1 Å². The van der Waals surface area contributed by atoms with Gasteiger partial charge < -0.3 is 31.5 Å². The van der Waals surface area contributed by atoms with Gasteiger partial charge in [0, 0.05) is 31.2 Å². The normalized spacial score (nSPS) is 23.9. The molecule has 0 spiro atoms. The van der Waals surface area contributed by atoms with Gasteiger partial charge in [0.2, 0.25) is 23.6 Å². The number of hydrogen-bond acceptors (Lipinski definition) is 6. The molecule has 10 nitrogen and oxygen atoms in total. The predicted molar refractivity (Wildman–Crippen MR) is 142 cm³/mol. The molecule has 10 heteroatoms. The van der Waals surface area contributed by atoms with Crippen LogP contribution in [0.1, 0.15) is 72.1 Å². The molecule has 1 rings (SSSR count). The van der Waals surface area contributed by atoms with Gasteiger partial charge in [-0.3, -0.25) is 19.2 Å². The molecule has 0 saturated carbocycles. The first-order chi connectivity index (χ1) is 17.6. The molecule has 0 aromatic heterocycles. The predicted octanol–water partition coefficient (Wildman–Crippen LogP) is 1.14. The Kier molecular flexibility index (Phi) is 15.8. The summed E-state index contributed by atoms with van der Waals surface area (Å²) in [7, 11) is 0. The largest absolute Gasteiger partial charge is 0.393 e. The van der Waals surface area contributed by atoms with Crippen molar-refractivity contribution in [2.75, 3.05) is 6.54 Å². The number of amides is 4. The first-order valence-electron chi connectivity index (χ1n) is 13.2. The lowest BCUT2D eigenvalue weighted by Gasteiger charge is -2.26. The highest BCUT2D eigenvalue weighted by Crippen LogP contribution is 2.07. The standard InChI is InChI=1S/C27H44N4O6/c1-4-5-6-7-8-9-10-11-12-13-24(35)31-25(20(3)32)27(37)30-22-18-21(33)16-17-28-23(34)15-14-19(2)29-26(22)36/h10-15,19-22,25,32-33H,4-9,16-18H2,1-3H3,(H,28,34)(H,29,36)(H,30,37)(H,31,35)/b11-10+,13-12+,15-14-/t19-,20+,21-,22-,25-/m0/s1. The minimum atomic E-state index is -1.30. The topological polar surface area (TPSA) is 157 Å². The van der Waals surface area contributed by atoms with Crippen molar-refractivity contribution < 1.29 is 29.4 Å². The maximum absolute atomic E-state index is 12.9. The molecule has 0 saturated heterocycles. The Morgan fingerprint density at radius 1 is 1.19 bits per heavy atom. The lowest BCUT2D eigenvalue weighted by Crippen LogP contribution is -2.58. The molecule has 0 aromatic carbocycles. The fourth-order valence-corrected chi connectivity index (χ4v) is 3.70. The molecule has 0 aromatic rings. The zero-order chi connectivity index (χ0) is 27.6. The Morgan fingerprint density at radius 3 is 2.62 bits per heavy atom. The zero-order valence-electron chi connectivity index (χ0n) is 22.2. The second-order valence-corrected chi connectivity index (χ2v) is 9.40. The molecule has 6 N–H and O–H groups in total. The first-order valence-corrected chi connectivity index (χ1v) is 13.2. The Labute approximate surface area is 220 Å². The van der Waals surface area contributed by atoms with Crippen molar-refractivity contribution in [3.8, 4) is 0 Å². The number of nitrogens with one attached hydrogen (secondary N) is 4. The lowest BCUT2D eigenvalue weighted by molar-refractivity contribution is -0.134. The van der Waals surface area contributed by atoms with Gasteiger partial charge in [0.1, 0.15) is 12.1 Å². The number of carbonyl (C=O) groups is 4. The number of carbonyl (C=O) groups excluding carboxylic acids is 4.